The van der Waals surface area contributed by atoms with E-state index in [0.717, 1.165) is 4.90 Å². The highest BCUT2D eigenvalue weighted by Crippen LogP contribution is 2.24. The van der Waals surface area contributed by atoms with Crippen molar-refractivity contribution in [2.45, 2.75) is 11.7 Å². The first-order chi connectivity index (χ1) is 7.06. The number of hydrogen-bond acceptors (Lipinski definition) is 5. The van der Waals surface area contributed by atoms with Crippen molar-refractivity contribution in [3.8, 4) is 0 Å². The Morgan fingerprint density at radius 2 is 2.20 bits per heavy atom. The molecule has 1 saturated heterocycles. The van der Waals surface area contributed by atoms with Crippen LogP contribution in [0.25, 0.3) is 0 Å². The smallest absolute Gasteiger partial charge is 0.323 e. The molecule has 1 atom stereocenters. The minimum atomic E-state index is -1.20. The highest BCUT2D eigenvalue weighted by atomic mass is 32.2. The molecule has 1 aliphatic rings. The van der Waals surface area contributed by atoms with Crippen molar-refractivity contribution in [3.05, 3.63) is 0 Å². The minimum Gasteiger partial charge on any atom is -0.480 e. The average molecular weight is 233 g/mol. The van der Waals surface area contributed by atoms with E-state index in [2.05, 4.69) is 0 Å². The van der Waals surface area contributed by atoms with Gasteiger partial charge in [0.2, 0.25) is 11.8 Å². The fraction of sp³-hybridized carbons (Fsp3) is 0.625. The number of imide groups is 1. The first-order valence-electron chi connectivity index (χ1n) is 4.34. The van der Waals surface area contributed by atoms with Gasteiger partial charge in [-0.1, -0.05) is 0 Å². The molecule has 0 aromatic carbocycles. The number of carboxylic acids is 1. The van der Waals surface area contributed by atoms with Gasteiger partial charge in [0.25, 0.3) is 0 Å². The molecule has 1 heterocycles. The summed E-state index contributed by atoms with van der Waals surface area (Å²) in [5, 5.41) is 16.5. The van der Waals surface area contributed by atoms with Crippen LogP contribution in [0.2, 0.25) is 0 Å². The Kier molecular flexibility index (Phi) is 4.10. The number of likely N-dealkylation sites (tertiary alicyclic amines) is 1. The lowest BCUT2D eigenvalue weighted by Gasteiger charge is -2.11. The molecule has 1 aliphatic heterocycles. The number of carbonyl (C=O) groups excluding carboxylic acids is 2. The summed E-state index contributed by atoms with van der Waals surface area (Å²) < 4.78 is 0. The van der Waals surface area contributed by atoms with Crippen molar-refractivity contribution in [3.63, 3.8) is 0 Å². The zero-order valence-electron chi connectivity index (χ0n) is 7.88. The van der Waals surface area contributed by atoms with Crippen LogP contribution in [0, 0.1) is 0 Å². The predicted molar refractivity (Wildman–Crippen MR) is 52.3 cm³/mol. The molecule has 6 nitrogen and oxygen atoms in total. The van der Waals surface area contributed by atoms with Gasteiger partial charge in [0.05, 0.1) is 11.9 Å². The standard InChI is InChI=1S/C8H11NO5S/c10-1-2-15-5-3-6(11)9(8(5)14)4-7(12)13/h5,10H,1-4H2,(H,12,13). The summed E-state index contributed by atoms with van der Waals surface area (Å²) >= 11 is 1.17. The molecule has 15 heavy (non-hydrogen) atoms. The summed E-state index contributed by atoms with van der Waals surface area (Å²) in [6.07, 6.45) is 0.0246. The molecule has 0 aliphatic carbocycles. The van der Waals surface area contributed by atoms with Gasteiger partial charge in [0.15, 0.2) is 0 Å². The first-order valence-corrected chi connectivity index (χ1v) is 5.39. The van der Waals surface area contributed by atoms with Gasteiger partial charge in [0, 0.05) is 12.2 Å². The van der Waals surface area contributed by atoms with E-state index < -0.39 is 29.6 Å². The van der Waals surface area contributed by atoms with Gasteiger partial charge in [-0.2, -0.15) is 0 Å². The van der Waals surface area contributed by atoms with Crippen LogP contribution < -0.4 is 0 Å². The Morgan fingerprint density at radius 3 is 2.73 bits per heavy atom. The molecule has 2 amide bonds. The van der Waals surface area contributed by atoms with E-state index in [1.807, 2.05) is 0 Å². The number of carbonyl (C=O) groups is 3. The molecular formula is C8H11NO5S. The van der Waals surface area contributed by atoms with Crippen molar-refractivity contribution in [1.82, 2.24) is 4.90 Å². The Morgan fingerprint density at radius 1 is 1.53 bits per heavy atom. The SMILES string of the molecule is O=C(O)CN1C(=O)CC(SCCO)C1=O. The molecule has 0 saturated carbocycles. The largest absolute Gasteiger partial charge is 0.480 e. The van der Waals surface area contributed by atoms with E-state index in [9.17, 15) is 14.4 Å². The van der Waals surface area contributed by atoms with Crippen LogP contribution in [-0.4, -0.2) is 57.1 Å². The van der Waals surface area contributed by atoms with Crippen LogP contribution in [0.5, 0.6) is 0 Å². The maximum Gasteiger partial charge on any atom is 0.323 e. The molecule has 0 aromatic heterocycles. The van der Waals surface area contributed by atoms with E-state index in [0.29, 0.717) is 5.75 Å². The van der Waals surface area contributed by atoms with E-state index >= 15 is 0 Å². The number of amides is 2. The molecule has 84 valence electrons. The third kappa shape index (κ3) is 2.93. The summed E-state index contributed by atoms with van der Waals surface area (Å²) in [6.45, 7) is -0.643. The molecule has 1 fully saturated rings. The summed E-state index contributed by atoms with van der Waals surface area (Å²) in [5.41, 5.74) is 0. The Bertz CT molecular complexity index is 293. The first kappa shape index (κ1) is 12.0. The van der Waals surface area contributed by atoms with Gasteiger partial charge in [-0.05, 0) is 0 Å². The Balaban J connectivity index is 2.58. The number of thioether (sulfide) groups is 1. The van der Waals surface area contributed by atoms with Crippen LogP contribution >= 0.6 is 11.8 Å². The predicted octanol–water partition coefficient (Wildman–Crippen LogP) is -1.08. The van der Waals surface area contributed by atoms with Gasteiger partial charge in [-0.25, -0.2) is 0 Å². The van der Waals surface area contributed by atoms with E-state index in [1.165, 1.54) is 11.8 Å². The number of nitrogens with zero attached hydrogens (tertiary/aromatic N) is 1. The van der Waals surface area contributed by atoms with Gasteiger partial charge < -0.3 is 10.2 Å². The lowest BCUT2D eigenvalue weighted by molar-refractivity contribution is -0.148. The number of aliphatic hydroxyl groups is 1. The Hall–Kier alpha value is -1.08. The van der Waals surface area contributed by atoms with Crippen LogP contribution in [0.1, 0.15) is 6.42 Å². The van der Waals surface area contributed by atoms with E-state index in [1.54, 1.807) is 0 Å². The fourth-order valence-electron chi connectivity index (χ4n) is 1.28. The monoisotopic (exact) mass is 233 g/mol. The van der Waals surface area contributed by atoms with E-state index in [4.69, 9.17) is 10.2 Å². The topological polar surface area (TPSA) is 94.9 Å². The molecule has 0 bridgehead atoms. The second kappa shape index (κ2) is 5.13. The minimum absolute atomic E-state index is 0.0246. The normalized spacial score (nSPS) is 21.1. The van der Waals surface area contributed by atoms with Gasteiger partial charge in [-0.3, -0.25) is 19.3 Å². The van der Waals surface area contributed by atoms with E-state index in [-0.39, 0.29) is 13.0 Å². The number of aliphatic carboxylic acids is 1. The molecule has 0 radical (unpaired) electrons. The van der Waals surface area contributed by atoms with Gasteiger partial charge in [-0.15, -0.1) is 11.8 Å². The second-order valence-electron chi connectivity index (χ2n) is 3.00. The second-order valence-corrected chi connectivity index (χ2v) is 4.31. The number of hydrogen-bond donors (Lipinski definition) is 2. The number of aliphatic hydroxyl groups excluding tert-OH is 1. The lowest BCUT2D eigenvalue weighted by atomic mass is 10.4. The summed E-state index contributed by atoms with van der Waals surface area (Å²) in [4.78, 5) is 33.9. The summed E-state index contributed by atoms with van der Waals surface area (Å²) in [6, 6.07) is 0. The molecule has 0 spiro atoms. The molecule has 1 unspecified atom stereocenters. The van der Waals surface area contributed by atoms with Crippen LogP contribution in [0.3, 0.4) is 0 Å². The number of carboxylic acid groups (broad SMARTS) is 1. The van der Waals surface area contributed by atoms with Crippen LogP contribution in [-0.2, 0) is 14.4 Å². The maximum atomic E-state index is 11.5. The highest BCUT2D eigenvalue weighted by molar-refractivity contribution is 8.00. The maximum absolute atomic E-state index is 11.5. The van der Waals surface area contributed by atoms with Crippen molar-refractivity contribution in [2.75, 3.05) is 18.9 Å². The van der Waals surface area contributed by atoms with Crippen molar-refractivity contribution in [1.29, 1.82) is 0 Å². The molecular weight excluding hydrogens is 222 g/mol. The molecule has 2 N–H and O–H groups in total. The average Bonchev–Trinajstić information content (AvgIpc) is 2.42. The van der Waals surface area contributed by atoms with Crippen molar-refractivity contribution < 1.29 is 24.6 Å². The zero-order chi connectivity index (χ0) is 11.4. The quantitative estimate of drug-likeness (QED) is 0.587. The van der Waals surface area contributed by atoms with Crippen molar-refractivity contribution >= 4 is 29.5 Å². The van der Waals surface area contributed by atoms with Crippen LogP contribution in [0.15, 0.2) is 0 Å². The molecule has 0 aromatic rings. The third-order valence-electron chi connectivity index (χ3n) is 1.91. The van der Waals surface area contributed by atoms with Gasteiger partial charge in [0.1, 0.15) is 6.54 Å². The molecule has 1 rings (SSSR count). The zero-order valence-corrected chi connectivity index (χ0v) is 8.70. The Labute approximate surface area is 90.2 Å². The third-order valence-corrected chi connectivity index (χ3v) is 3.10. The number of rotatable bonds is 5. The lowest BCUT2D eigenvalue weighted by Crippen LogP contribution is -2.35. The molecule has 7 heteroatoms. The summed E-state index contributed by atoms with van der Waals surface area (Å²) in [5.74, 6) is -1.77. The van der Waals surface area contributed by atoms with Crippen LogP contribution in [0.4, 0.5) is 0 Å². The highest BCUT2D eigenvalue weighted by Gasteiger charge is 2.39. The van der Waals surface area contributed by atoms with Gasteiger partial charge >= 0.3 is 5.97 Å². The fourth-order valence-corrected chi connectivity index (χ4v) is 2.20. The van der Waals surface area contributed by atoms with Crippen molar-refractivity contribution in [2.24, 2.45) is 0 Å². The summed E-state index contributed by atoms with van der Waals surface area (Å²) in [7, 11) is 0.